The minimum Gasteiger partial charge on any atom is -0.370 e. The molecule has 0 aliphatic rings. The van der Waals surface area contributed by atoms with Gasteiger partial charge in [0, 0.05) is 7.05 Å². The molecule has 0 amide bonds. The van der Waals surface area contributed by atoms with Crippen LogP contribution in [-0.4, -0.2) is 31.3 Å². The summed E-state index contributed by atoms with van der Waals surface area (Å²) in [6.07, 6.45) is 0. The van der Waals surface area contributed by atoms with Crippen molar-refractivity contribution in [3.8, 4) is 0 Å². The number of imidazole rings is 2. The number of rotatable bonds is 3. The first-order chi connectivity index (χ1) is 12.0. The molecule has 25 heavy (non-hydrogen) atoms. The van der Waals surface area contributed by atoms with Gasteiger partial charge in [0.1, 0.15) is 0 Å². The van der Waals surface area contributed by atoms with Crippen molar-refractivity contribution < 1.29 is 4.79 Å². The van der Waals surface area contributed by atoms with Crippen molar-refractivity contribution in [2.45, 2.75) is 0 Å². The van der Waals surface area contributed by atoms with Gasteiger partial charge in [-0.05, 0) is 30.3 Å². The number of aromatic amines is 1. The summed E-state index contributed by atoms with van der Waals surface area (Å²) in [5.41, 5.74) is 14.3. The molecule has 0 fully saturated rings. The van der Waals surface area contributed by atoms with E-state index in [-0.39, 0.29) is 17.6 Å². The predicted molar refractivity (Wildman–Crippen MR) is 95.7 cm³/mol. The molecule has 0 saturated carbocycles. The highest BCUT2D eigenvalue weighted by molar-refractivity contribution is 6.07. The van der Waals surface area contributed by atoms with Crippen molar-refractivity contribution in [2.24, 2.45) is 23.5 Å². The first-order valence-corrected chi connectivity index (χ1v) is 7.58. The van der Waals surface area contributed by atoms with Gasteiger partial charge in [-0.15, -0.1) is 0 Å². The number of aliphatic imine (C=N–C) groups is 1. The van der Waals surface area contributed by atoms with Crippen LogP contribution in [0.3, 0.4) is 0 Å². The number of carbonyl (C=O) groups is 1. The van der Waals surface area contributed by atoms with E-state index in [4.69, 9.17) is 11.5 Å². The Kier molecular flexibility index (Phi) is 3.24. The molecule has 8 heteroatoms. The smallest absolute Gasteiger partial charge is 0.263 e. The number of fused-ring (bicyclic) bond motifs is 2. The largest absolute Gasteiger partial charge is 0.370 e. The quantitative estimate of drug-likeness (QED) is 0.298. The molecule has 5 N–H and O–H groups in total. The predicted octanol–water partition coefficient (Wildman–Crippen LogP) is 1.59. The molecule has 0 radical (unpaired) electrons. The number of hydrogen-bond acceptors (Lipinski definition) is 4. The van der Waals surface area contributed by atoms with Crippen molar-refractivity contribution in [1.29, 1.82) is 0 Å². The lowest BCUT2D eigenvalue weighted by atomic mass is 10.3. The number of H-pyrrole nitrogens is 1. The molecule has 0 unspecified atom stereocenters. The summed E-state index contributed by atoms with van der Waals surface area (Å²) in [7, 11) is 1.81. The Labute approximate surface area is 142 Å². The Hall–Kier alpha value is -3.68. The van der Waals surface area contributed by atoms with Gasteiger partial charge < -0.3 is 21.0 Å². The number of para-hydroxylation sites is 2. The summed E-state index contributed by atoms with van der Waals surface area (Å²) in [5, 5.41) is 0. The molecule has 4 aromatic rings. The van der Waals surface area contributed by atoms with Crippen LogP contribution in [0.2, 0.25) is 0 Å². The van der Waals surface area contributed by atoms with Crippen LogP contribution >= 0.6 is 0 Å². The van der Waals surface area contributed by atoms with Gasteiger partial charge in [-0.1, -0.05) is 12.1 Å². The van der Waals surface area contributed by atoms with Crippen LogP contribution in [0.4, 0.5) is 5.69 Å². The van der Waals surface area contributed by atoms with E-state index >= 15 is 0 Å². The van der Waals surface area contributed by atoms with E-state index in [9.17, 15) is 4.79 Å². The molecule has 8 nitrogen and oxygen atoms in total. The highest BCUT2D eigenvalue weighted by Crippen LogP contribution is 2.21. The first kappa shape index (κ1) is 14.9. The topological polar surface area (TPSA) is 128 Å². The normalized spacial score (nSPS) is 11.1. The fourth-order valence-corrected chi connectivity index (χ4v) is 2.78. The first-order valence-electron chi connectivity index (χ1n) is 7.58. The summed E-state index contributed by atoms with van der Waals surface area (Å²) in [4.78, 5) is 28.6. The number of ketones is 1. The number of nitrogens with one attached hydrogen (secondary N) is 1. The molecule has 4 rings (SSSR count). The molecule has 0 aliphatic heterocycles. The van der Waals surface area contributed by atoms with Gasteiger partial charge in [-0.25, -0.2) is 15.0 Å². The van der Waals surface area contributed by atoms with Gasteiger partial charge in [-0.2, -0.15) is 0 Å². The molecular weight excluding hydrogens is 318 g/mol. The number of hydrogen-bond donors (Lipinski definition) is 3. The Morgan fingerprint density at radius 3 is 2.68 bits per heavy atom. The monoisotopic (exact) mass is 333 g/mol. The highest BCUT2D eigenvalue weighted by Gasteiger charge is 2.20. The van der Waals surface area contributed by atoms with Gasteiger partial charge in [0.2, 0.25) is 0 Å². The van der Waals surface area contributed by atoms with Gasteiger partial charge in [0.25, 0.3) is 5.78 Å². The maximum absolute atomic E-state index is 12.8. The average Bonchev–Trinajstić information content (AvgIpc) is 3.15. The fourth-order valence-electron chi connectivity index (χ4n) is 2.78. The summed E-state index contributed by atoms with van der Waals surface area (Å²) in [5.74, 6) is 0.230. The molecule has 0 atom stereocenters. The summed E-state index contributed by atoms with van der Waals surface area (Å²) < 4.78 is 1.76. The van der Waals surface area contributed by atoms with Crippen LogP contribution in [0.1, 0.15) is 16.4 Å². The molecule has 2 aromatic heterocycles. The molecular formula is C17H15N7O. The Bertz CT molecular complexity index is 1150. The third kappa shape index (κ3) is 2.49. The van der Waals surface area contributed by atoms with E-state index in [1.54, 1.807) is 22.8 Å². The Balaban J connectivity index is 1.79. The molecule has 0 saturated heterocycles. The Morgan fingerprint density at radius 2 is 1.92 bits per heavy atom. The van der Waals surface area contributed by atoms with E-state index in [0.29, 0.717) is 22.5 Å². The van der Waals surface area contributed by atoms with Crippen LogP contribution in [0, 0.1) is 0 Å². The second-order valence-corrected chi connectivity index (χ2v) is 5.64. The second kappa shape index (κ2) is 5.45. The lowest BCUT2D eigenvalue weighted by Crippen LogP contribution is -2.21. The maximum atomic E-state index is 12.8. The van der Waals surface area contributed by atoms with E-state index < -0.39 is 0 Å². The van der Waals surface area contributed by atoms with Crippen molar-refractivity contribution in [2.75, 3.05) is 0 Å². The minimum absolute atomic E-state index is 0.0325. The number of nitrogens with zero attached hydrogens (tertiary/aromatic N) is 4. The van der Waals surface area contributed by atoms with Crippen molar-refractivity contribution in [3.63, 3.8) is 0 Å². The number of nitrogens with two attached hydrogens (primary N) is 2. The van der Waals surface area contributed by atoms with Crippen LogP contribution in [0.5, 0.6) is 0 Å². The van der Waals surface area contributed by atoms with Gasteiger partial charge >= 0.3 is 0 Å². The standard InChI is InChI=1S/C17H15N7O/c1-24-13-5-3-2-4-11(13)23-16(24)14(25)15-21-10-7-6-9(20-17(18)19)8-12(10)22-15/h2-8H,1H3,(H,21,22)(H4,18,19,20). The van der Waals surface area contributed by atoms with E-state index in [1.807, 2.05) is 31.3 Å². The van der Waals surface area contributed by atoms with Crippen molar-refractivity contribution in [3.05, 3.63) is 54.1 Å². The SMILES string of the molecule is Cn1c(C(=O)c2nc3ccc(N=C(N)N)cc3[nH]2)nc2ccccc21. The lowest BCUT2D eigenvalue weighted by molar-refractivity contribution is 0.101. The molecule has 124 valence electrons. The molecule has 0 spiro atoms. The third-order valence-electron chi connectivity index (χ3n) is 3.93. The molecule has 0 bridgehead atoms. The van der Waals surface area contributed by atoms with Crippen molar-refractivity contribution >= 4 is 39.5 Å². The number of carbonyl (C=O) groups excluding carboxylic acids is 1. The van der Waals surface area contributed by atoms with Gasteiger partial charge in [0.05, 0.1) is 27.8 Å². The fraction of sp³-hybridized carbons (Fsp3) is 0.0588. The van der Waals surface area contributed by atoms with Crippen molar-refractivity contribution in [1.82, 2.24) is 19.5 Å². The third-order valence-corrected chi connectivity index (χ3v) is 3.93. The molecule has 2 heterocycles. The zero-order valence-electron chi connectivity index (χ0n) is 13.4. The van der Waals surface area contributed by atoms with E-state index in [2.05, 4.69) is 19.9 Å². The summed E-state index contributed by atoms with van der Waals surface area (Å²) in [6.45, 7) is 0. The number of benzene rings is 2. The Morgan fingerprint density at radius 1 is 1.12 bits per heavy atom. The number of guanidine groups is 1. The highest BCUT2D eigenvalue weighted by atomic mass is 16.1. The number of aromatic nitrogens is 4. The lowest BCUT2D eigenvalue weighted by Gasteiger charge is -1.98. The maximum Gasteiger partial charge on any atom is 0.263 e. The zero-order chi connectivity index (χ0) is 17.6. The van der Waals surface area contributed by atoms with E-state index in [1.165, 1.54) is 0 Å². The van der Waals surface area contributed by atoms with Crippen LogP contribution in [0.15, 0.2) is 47.5 Å². The summed E-state index contributed by atoms with van der Waals surface area (Å²) >= 11 is 0. The van der Waals surface area contributed by atoms with E-state index in [0.717, 1.165) is 11.0 Å². The second-order valence-electron chi connectivity index (χ2n) is 5.64. The zero-order valence-corrected chi connectivity index (χ0v) is 13.4. The number of aryl methyl sites for hydroxylation is 1. The van der Waals surface area contributed by atoms with Crippen LogP contribution in [-0.2, 0) is 7.05 Å². The minimum atomic E-state index is -0.279. The van der Waals surface area contributed by atoms with Crippen LogP contribution in [0.25, 0.3) is 22.1 Å². The summed E-state index contributed by atoms with van der Waals surface area (Å²) in [6, 6.07) is 12.8. The average molecular weight is 333 g/mol. The molecule has 2 aromatic carbocycles. The molecule has 0 aliphatic carbocycles. The van der Waals surface area contributed by atoms with Gasteiger partial charge in [-0.3, -0.25) is 4.79 Å². The van der Waals surface area contributed by atoms with Crippen LogP contribution < -0.4 is 11.5 Å². The van der Waals surface area contributed by atoms with Gasteiger partial charge in [0.15, 0.2) is 17.6 Å².